The number of nitrogens with two attached hydrogens (primary N) is 1. The van der Waals surface area contributed by atoms with E-state index in [1.54, 1.807) is 0 Å². The zero-order valence-corrected chi connectivity index (χ0v) is 9.65. The van der Waals surface area contributed by atoms with Crippen LogP contribution >= 0.6 is 0 Å². The summed E-state index contributed by atoms with van der Waals surface area (Å²) in [7, 11) is 0. The fourth-order valence-corrected chi connectivity index (χ4v) is 2.65. The highest BCUT2D eigenvalue weighted by Gasteiger charge is 2.34. The van der Waals surface area contributed by atoms with Crippen molar-refractivity contribution < 1.29 is 4.74 Å². The third-order valence-corrected chi connectivity index (χ3v) is 3.43. The van der Waals surface area contributed by atoms with Crippen LogP contribution in [0.5, 0.6) is 0 Å². The van der Waals surface area contributed by atoms with E-state index in [4.69, 9.17) is 10.5 Å². The van der Waals surface area contributed by atoms with Crippen molar-refractivity contribution in [3.63, 3.8) is 0 Å². The molecule has 1 atom stereocenters. The van der Waals surface area contributed by atoms with Gasteiger partial charge < -0.3 is 15.4 Å². The molecule has 2 aliphatic heterocycles. The van der Waals surface area contributed by atoms with Gasteiger partial charge in [0.1, 0.15) is 0 Å². The summed E-state index contributed by atoms with van der Waals surface area (Å²) in [4.78, 5) is 6.65. The van der Waals surface area contributed by atoms with E-state index in [1.807, 2.05) is 0 Å². The lowest BCUT2D eigenvalue weighted by molar-refractivity contribution is 0.0406. The molecule has 0 amide bonds. The molecule has 2 heterocycles. The van der Waals surface area contributed by atoms with Crippen LogP contribution in [-0.2, 0) is 4.74 Å². The van der Waals surface area contributed by atoms with Crippen molar-refractivity contribution in [3.8, 4) is 0 Å². The summed E-state index contributed by atoms with van der Waals surface area (Å²) < 4.78 is 5.39. The van der Waals surface area contributed by atoms with Crippen molar-refractivity contribution in [1.82, 2.24) is 4.90 Å². The van der Waals surface area contributed by atoms with Crippen LogP contribution in [0.1, 0.15) is 26.7 Å². The Morgan fingerprint density at radius 2 is 2.07 bits per heavy atom. The van der Waals surface area contributed by atoms with Gasteiger partial charge in [-0.15, -0.1) is 0 Å². The van der Waals surface area contributed by atoms with Gasteiger partial charge in [0.25, 0.3) is 0 Å². The molecule has 1 unspecified atom stereocenters. The summed E-state index contributed by atoms with van der Waals surface area (Å²) in [5.41, 5.74) is 5.92. The molecule has 15 heavy (non-hydrogen) atoms. The molecule has 2 N–H and O–H groups in total. The minimum Gasteiger partial charge on any atom is -0.381 e. The monoisotopic (exact) mass is 211 g/mol. The molecular formula is C11H21N3O. The largest absolute Gasteiger partial charge is 0.381 e. The van der Waals surface area contributed by atoms with E-state index in [9.17, 15) is 0 Å². The molecular weight excluding hydrogens is 190 g/mol. The van der Waals surface area contributed by atoms with Crippen LogP contribution in [0.25, 0.3) is 0 Å². The quantitative estimate of drug-likeness (QED) is 0.735. The number of hydrogen-bond donors (Lipinski definition) is 1. The first-order valence-electron chi connectivity index (χ1n) is 5.86. The fraction of sp³-hybridized carbons (Fsp3) is 0.909. The normalized spacial score (nSPS) is 28.6. The molecule has 4 nitrogen and oxygen atoms in total. The molecule has 0 aromatic carbocycles. The van der Waals surface area contributed by atoms with Crippen LogP contribution in [0.15, 0.2) is 4.99 Å². The van der Waals surface area contributed by atoms with Crippen molar-refractivity contribution in [2.24, 2.45) is 16.6 Å². The molecule has 2 rings (SSSR count). The molecule has 1 fully saturated rings. The van der Waals surface area contributed by atoms with Gasteiger partial charge in [0, 0.05) is 19.3 Å². The van der Waals surface area contributed by atoms with Crippen LogP contribution in [-0.4, -0.2) is 42.7 Å². The fourth-order valence-electron chi connectivity index (χ4n) is 2.65. The molecule has 1 saturated heterocycles. The lowest BCUT2D eigenvalue weighted by atomic mass is 9.90. The minimum absolute atomic E-state index is 0.448. The lowest BCUT2D eigenvalue weighted by Crippen LogP contribution is -2.49. The van der Waals surface area contributed by atoms with Crippen molar-refractivity contribution in [2.75, 3.05) is 19.8 Å². The summed E-state index contributed by atoms with van der Waals surface area (Å²) in [6.07, 6.45) is 2.30. The van der Waals surface area contributed by atoms with Crippen molar-refractivity contribution in [1.29, 1.82) is 0 Å². The molecule has 0 bridgehead atoms. The Morgan fingerprint density at radius 3 is 2.67 bits per heavy atom. The van der Waals surface area contributed by atoms with Gasteiger partial charge >= 0.3 is 0 Å². The molecule has 4 heteroatoms. The highest BCUT2D eigenvalue weighted by molar-refractivity contribution is 5.80. The van der Waals surface area contributed by atoms with Crippen LogP contribution in [0.3, 0.4) is 0 Å². The van der Waals surface area contributed by atoms with Gasteiger partial charge in [0.05, 0.1) is 12.6 Å². The average Bonchev–Trinajstić information content (AvgIpc) is 2.61. The Balaban J connectivity index is 2.02. The van der Waals surface area contributed by atoms with Crippen LogP contribution < -0.4 is 5.73 Å². The summed E-state index contributed by atoms with van der Waals surface area (Å²) >= 11 is 0. The summed E-state index contributed by atoms with van der Waals surface area (Å²) in [6, 6.07) is 0.956. The Hall–Kier alpha value is -0.770. The molecule has 0 saturated carbocycles. The molecule has 0 spiro atoms. The zero-order valence-electron chi connectivity index (χ0n) is 9.65. The van der Waals surface area contributed by atoms with Gasteiger partial charge in [-0.2, -0.15) is 0 Å². The molecule has 0 aliphatic carbocycles. The van der Waals surface area contributed by atoms with E-state index >= 15 is 0 Å². The van der Waals surface area contributed by atoms with E-state index in [0.717, 1.165) is 38.6 Å². The maximum atomic E-state index is 5.92. The summed E-state index contributed by atoms with van der Waals surface area (Å²) in [6.45, 7) is 7.02. The number of aliphatic imine (C=N–C) groups is 1. The smallest absolute Gasteiger partial charge is 0.191 e. The van der Waals surface area contributed by atoms with Crippen LogP contribution in [0.4, 0.5) is 0 Å². The Kier molecular flexibility index (Phi) is 3.14. The second kappa shape index (κ2) is 4.39. The Morgan fingerprint density at radius 1 is 1.40 bits per heavy atom. The third-order valence-electron chi connectivity index (χ3n) is 3.43. The number of rotatable bonds is 2. The van der Waals surface area contributed by atoms with Gasteiger partial charge in [-0.25, -0.2) is 0 Å². The van der Waals surface area contributed by atoms with E-state index in [1.165, 1.54) is 0 Å². The average molecular weight is 211 g/mol. The second-order valence-electron chi connectivity index (χ2n) is 4.72. The zero-order chi connectivity index (χ0) is 10.8. The van der Waals surface area contributed by atoms with Gasteiger partial charge in [0.2, 0.25) is 0 Å². The van der Waals surface area contributed by atoms with Gasteiger partial charge in [-0.3, -0.25) is 4.99 Å². The second-order valence-corrected chi connectivity index (χ2v) is 4.72. The maximum absolute atomic E-state index is 5.92. The highest BCUT2D eigenvalue weighted by Crippen LogP contribution is 2.27. The minimum atomic E-state index is 0.448. The van der Waals surface area contributed by atoms with Gasteiger partial charge in [-0.1, -0.05) is 0 Å². The first kappa shape index (κ1) is 10.7. The van der Waals surface area contributed by atoms with E-state index < -0.39 is 0 Å². The van der Waals surface area contributed by atoms with E-state index in [-0.39, 0.29) is 0 Å². The molecule has 2 aliphatic rings. The molecule has 0 aromatic heterocycles. The van der Waals surface area contributed by atoms with Crippen molar-refractivity contribution >= 4 is 5.96 Å². The number of hydrogen-bond acceptors (Lipinski definition) is 4. The number of guanidine groups is 1. The predicted octanol–water partition coefficient (Wildman–Crippen LogP) is 0.820. The third kappa shape index (κ3) is 2.09. The standard InChI is InChI=1S/C11H21N3O/c1-8(2)14-10(7-13-11(14)12)9-3-5-15-6-4-9/h8-10H,3-7H2,1-2H3,(H2,12,13). The topological polar surface area (TPSA) is 50.8 Å². The first-order chi connectivity index (χ1) is 7.20. The Bertz CT molecular complexity index is 246. The maximum Gasteiger partial charge on any atom is 0.191 e. The predicted molar refractivity (Wildman–Crippen MR) is 60.8 cm³/mol. The van der Waals surface area contributed by atoms with Crippen molar-refractivity contribution in [3.05, 3.63) is 0 Å². The van der Waals surface area contributed by atoms with E-state index in [2.05, 4.69) is 23.7 Å². The van der Waals surface area contributed by atoms with Crippen LogP contribution in [0, 0.1) is 5.92 Å². The molecule has 86 valence electrons. The van der Waals surface area contributed by atoms with Crippen molar-refractivity contribution in [2.45, 2.75) is 38.8 Å². The number of nitrogens with zero attached hydrogens (tertiary/aromatic N) is 2. The first-order valence-corrected chi connectivity index (χ1v) is 5.86. The van der Waals surface area contributed by atoms with Crippen LogP contribution in [0.2, 0.25) is 0 Å². The highest BCUT2D eigenvalue weighted by atomic mass is 16.5. The molecule has 0 radical (unpaired) electrons. The summed E-state index contributed by atoms with van der Waals surface area (Å²) in [5.74, 6) is 1.42. The number of ether oxygens (including phenoxy) is 1. The van der Waals surface area contributed by atoms with Gasteiger partial charge in [-0.05, 0) is 32.6 Å². The van der Waals surface area contributed by atoms with E-state index in [0.29, 0.717) is 18.0 Å². The van der Waals surface area contributed by atoms with Gasteiger partial charge in [0.15, 0.2) is 5.96 Å². The Labute approximate surface area is 91.5 Å². The molecule has 0 aromatic rings. The SMILES string of the molecule is CC(C)N1C(N)=NCC1C1CCOCC1. The summed E-state index contributed by atoms with van der Waals surface area (Å²) in [5, 5.41) is 0. The lowest BCUT2D eigenvalue weighted by Gasteiger charge is -2.37.